The fraction of sp³-hybridized carbons (Fsp3) is 0.214. The van der Waals surface area contributed by atoms with Gasteiger partial charge in [0.2, 0.25) is 0 Å². The number of hydrogen-bond acceptors (Lipinski definition) is 3. The fourth-order valence-corrected chi connectivity index (χ4v) is 3.64. The minimum Gasteiger partial charge on any atom is -0.385 e. The first-order valence-corrected chi connectivity index (χ1v) is 7.82. The molecule has 0 spiro atoms. The molecule has 1 aromatic carbocycles. The first-order valence-electron chi connectivity index (χ1n) is 6.15. The third-order valence-corrected chi connectivity index (χ3v) is 4.96. The Balaban J connectivity index is 1.80. The van der Waals surface area contributed by atoms with Gasteiger partial charge in [-0.25, -0.2) is 0 Å². The van der Waals surface area contributed by atoms with E-state index in [1.54, 1.807) is 0 Å². The number of fused-ring (bicyclic) bond motifs is 1. The summed E-state index contributed by atoms with van der Waals surface area (Å²) >= 11 is 4.81. The van der Waals surface area contributed by atoms with Gasteiger partial charge < -0.3 is 10.6 Å². The van der Waals surface area contributed by atoms with E-state index in [4.69, 9.17) is 0 Å². The highest BCUT2D eigenvalue weighted by atomic mass is 79.9. The van der Waals surface area contributed by atoms with Crippen LogP contribution in [0.15, 0.2) is 34.1 Å². The highest BCUT2D eigenvalue weighted by molar-refractivity contribution is 9.10. The lowest BCUT2D eigenvalue weighted by atomic mass is 10.0. The second-order valence-corrected chi connectivity index (χ2v) is 6.22. The molecule has 1 aromatic heterocycles. The van der Waals surface area contributed by atoms with Crippen LogP contribution in [-0.4, -0.2) is 12.5 Å². The van der Waals surface area contributed by atoms with Gasteiger partial charge in [0, 0.05) is 22.4 Å². The zero-order valence-electron chi connectivity index (χ0n) is 10.2. The van der Waals surface area contributed by atoms with E-state index >= 15 is 0 Å². The maximum Gasteiger partial charge on any atom is 0.266 e. The van der Waals surface area contributed by atoms with E-state index in [1.165, 1.54) is 22.6 Å². The van der Waals surface area contributed by atoms with Crippen LogP contribution in [0.25, 0.3) is 0 Å². The van der Waals surface area contributed by atoms with Crippen molar-refractivity contribution in [3.63, 3.8) is 0 Å². The van der Waals surface area contributed by atoms with Crippen LogP contribution >= 0.6 is 27.3 Å². The second kappa shape index (κ2) is 5.35. The predicted molar refractivity (Wildman–Crippen MR) is 83.2 cm³/mol. The van der Waals surface area contributed by atoms with Gasteiger partial charge in [0.1, 0.15) is 4.88 Å². The number of amides is 1. The first kappa shape index (κ1) is 12.7. The molecule has 2 heterocycles. The third-order valence-electron chi connectivity index (χ3n) is 3.12. The van der Waals surface area contributed by atoms with Crippen molar-refractivity contribution >= 4 is 44.5 Å². The van der Waals surface area contributed by atoms with E-state index in [2.05, 4.69) is 32.6 Å². The number of carbonyl (C=O) groups excluding carboxylic acids is 1. The Morgan fingerprint density at radius 1 is 1.37 bits per heavy atom. The maximum absolute atomic E-state index is 12.1. The number of halogens is 1. The van der Waals surface area contributed by atoms with Crippen molar-refractivity contribution in [1.82, 2.24) is 0 Å². The van der Waals surface area contributed by atoms with E-state index < -0.39 is 0 Å². The number of hydrogen-bond donors (Lipinski definition) is 2. The number of anilines is 2. The van der Waals surface area contributed by atoms with Crippen LogP contribution in [0, 0.1) is 0 Å². The van der Waals surface area contributed by atoms with Crippen molar-refractivity contribution in [3.8, 4) is 0 Å². The molecule has 5 heteroatoms. The average molecular weight is 337 g/mol. The smallest absolute Gasteiger partial charge is 0.266 e. The Morgan fingerprint density at radius 2 is 2.26 bits per heavy atom. The Labute approximate surface area is 124 Å². The second-order valence-electron chi connectivity index (χ2n) is 4.45. The summed E-state index contributed by atoms with van der Waals surface area (Å²) < 4.78 is 0.842. The highest BCUT2D eigenvalue weighted by Gasteiger charge is 2.13. The molecule has 0 saturated carbocycles. The minimum absolute atomic E-state index is 0.0643. The van der Waals surface area contributed by atoms with Crippen molar-refractivity contribution in [1.29, 1.82) is 0 Å². The molecular formula is C14H13BrN2OS. The van der Waals surface area contributed by atoms with E-state index in [1.807, 2.05) is 23.6 Å². The number of rotatable bonds is 2. The van der Waals surface area contributed by atoms with E-state index in [9.17, 15) is 4.79 Å². The summed E-state index contributed by atoms with van der Waals surface area (Å²) in [5.74, 6) is -0.0643. The molecular weight excluding hydrogens is 324 g/mol. The summed E-state index contributed by atoms with van der Waals surface area (Å²) in [4.78, 5) is 12.8. The fourth-order valence-electron chi connectivity index (χ4n) is 2.20. The van der Waals surface area contributed by atoms with Crippen molar-refractivity contribution < 1.29 is 4.79 Å². The highest BCUT2D eigenvalue weighted by Crippen LogP contribution is 2.27. The quantitative estimate of drug-likeness (QED) is 0.865. The van der Waals surface area contributed by atoms with Crippen LogP contribution in [0.4, 0.5) is 11.4 Å². The molecule has 0 bridgehead atoms. The number of nitrogens with one attached hydrogen (secondary N) is 2. The predicted octanol–water partition coefficient (Wildman–Crippen LogP) is 4.12. The third kappa shape index (κ3) is 2.67. The van der Waals surface area contributed by atoms with Gasteiger partial charge in [0.05, 0.1) is 0 Å². The lowest BCUT2D eigenvalue weighted by molar-refractivity contribution is 0.103. The van der Waals surface area contributed by atoms with Gasteiger partial charge in [-0.3, -0.25) is 4.79 Å². The first-order chi connectivity index (χ1) is 9.24. The number of thiophene rings is 1. The van der Waals surface area contributed by atoms with Crippen molar-refractivity contribution in [3.05, 3.63) is 44.6 Å². The average Bonchev–Trinajstić information content (AvgIpc) is 2.85. The topological polar surface area (TPSA) is 41.1 Å². The lowest BCUT2D eigenvalue weighted by Crippen LogP contribution is -2.14. The van der Waals surface area contributed by atoms with E-state index in [0.717, 1.165) is 29.5 Å². The largest absolute Gasteiger partial charge is 0.385 e. The summed E-state index contributed by atoms with van der Waals surface area (Å²) in [6.07, 6.45) is 2.20. The number of aryl methyl sites for hydroxylation is 1. The van der Waals surface area contributed by atoms with Gasteiger partial charge in [-0.15, -0.1) is 11.3 Å². The lowest BCUT2D eigenvalue weighted by Gasteiger charge is -2.18. The number of benzene rings is 1. The molecule has 0 unspecified atom stereocenters. The monoisotopic (exact) mass is 336 g/mol. The summed E-state index contributed by atoms with van der Waals surface area (Å²) in [5, 5.41) is 8.21. The Hall–Kier alpha value is -1.33. The van der Waals surface area contributed by atoms with Crippen molar-refractivity contribution in [2.45, 2.75) is 12.8 Å². The molecule has 1 aliphatic heterocycles. The molecule has 1 amide bonds. The van der Waals surface area contributed by atoms with Crippen LogP contribution in [-0.2, 0) is 6.42 Å². The van der Waals surface area contributed by atoms with Crippen LogP contribution in [0.3, 0.4) is 0 Å². The summed E-state index contributed by atoms with van der Waals surface area (Å²) in [6, 6.07) is 7.92. The molecule has 0 aliphatic carbocycles. The van der Waals surface area contributed by atoms with Gasteiger partial charge in [-0.1, -0.05) is 0 Å². The van der Waals surface area contributed by atoms with Gasteiger partial charge in [0.15, 0.2) is 0 Å². The van der Waals surface area contributed by atoms with Crippen LogP contribution in [0.2, 0.25) is 0 Å². The Morgan fingerprint density at radius 3 is 3.05 bits per heavy atom. The molecule has 98 valence electrons. The zero-order valence-corrected chi connectivity index (χ0v) is 12.6. The van der Waals surface area contributed by atoms with Crippen LogP contribution in [0.1, 0.15) is 21.7 Å². The molecule has 3 nitrogen and oxygen atoms in total. The molecule has 0 saturated heterocycles. The summed E-state index contributed by atoms with van der Waals surface area (Å²) in [7, 11) is 0. The maximum atomic E-state index is 12.1. The molecule has 1 aliphatic rings. The summed E-state index contributed by atoms with van der Waals surface area (Å²) in [5.41, 5.74) is 3.31. The molecule has 0 fully saturated rings. The van der Waals surface area contributed by atoms with Gasteiger partial charge in [-0.05, 0) is 64.0 Å². The normalized spacial score (nSPS) is 13.5. The Bertz CT molecular complexity index is 624. The van der Waals surface area contributed by atoms with E-state index in [0.29, 0.717) is 4.88 Å². The molecule has 0 atom stereocenters. The van der Waals surface area contributed by atoms with Crippen LogP contribution < -0.4 is 10.6 Å². The zero-order chi connectivity index (χ0) is 13.2. The van der Waals surface area contributed by atoms with Crippen molar-refractivity contribution in [2.24, 2.45) is 0 Å². The standard InChI is InChI=1S/C14H13BrN2OS/c15-11-5-7-19-13(11)14(18)17-10-3-4-12-9(8-10)2-1-6-16-12/h3-5,7-8,16H,1-2,6H2,(H,17,18). The summed E-state index contributed by atoms with van der Waals surface area (Å²) in [6.45, 7) is 1.03. The van der Waals surface area contributed by atoms with Gasteiger partial charge in [0.25, 0.3) is 5.91 Å². The molecule has 0 radical (unpaired) electrons. The van der Waals surface area contributed by atoms with Crippen LogP contribution in [0.5, 0.6) is 0 Å². The Kier molecular flexibility index (Phi) is 3.57. The van der Waals surface area contributed by atoms with Gasteiger partial charge >= 0.3 is 0 Å². The number of carbonyl (C=O) groups is 1. The SMILES string of the molecule is O=C(Nc1ccc2c(c1)CCCN2)c1sccc1Br. The molecule has 19 heavy (non-hydrogen) atoms. The van der Waals surface area contributed by atoms with Crippen molar-refractivity contribution in [2.75, 3.05) is 17.2 Å². The van der Waals surface area contributed by atoms with Gasteiger partial charge in [-0.2, -0.15) is 0 Å². The molecule has 2 N–H and O–H groups in total. The molecule has 3 rings (SSSR count). The van der Waals surface area contributed by atoms with E-state index in [-0.39, 0.29) is 5.91 Å². The minimum atomic E-state index is -0.0643. The molecule has 2 aromatic rings.